The molecule has 0 N–H and O–H groups in total. The summed E-state index contributed by atoms with van der Waals surface area (Å²) >= 11 is 7.45. The van der Waals surface area contributed by atoms with E-state index in [1.807, 2.05) is 18.7 Å². The summed E-state index contributed by atoms with van der Waals surface area (Å²) in [5, 5.41) is 1.41. The van der Waals surface area contributed by atoms with Gasteiger partial charge in [-0.2, -0.15) is 0 Å². The van der Waals surface area contributed by atoms with E-state index < -0.39 is 0 Å². The molecule has 0 bridgehead atoms. The first-order valence-corrected chi connectivity index (χ1v) is 10.9. The number of benzene rings is 1. The molecule has 1 aliphatic rings. The molecule has 27 heavy (non-hydrogen) atoms. The van der Waals surface area contributed by atoms with Crippen molar-refractivity contribution in [1.29, 1.82) is 0 Å². The number of thioether (sulfide) groups is 1. The molecule has 1 fully saturated rings. The Morgan fingerprint density at radius 2 is 1.96 bits per heavy atom. The summed E-state index contributed by atoms with van der Waals surface area (Å²) in [6.45, 7) is 6.16. The van der Waals surface area contributed by atoms with Crippen LogP contribution < -0.4 is 5.56 Å². The molecule has 0 spiro atoms. The predicted octanol–water partition coefficient (Wildman–Crippen LogP) is 4.34. The van der Waals surface area contributed by atoms with E-state index in [1.54, 1.807) is 22.8 Å². The normalized spacial score (nSPS) is 16.3. The molecule has 5 nitrogen and oxygen atoms in total. The van der Waals surface area contributed by atoms with E-state index in [1.165, 1.54) is 24.6 Å². The van der Waals surface area contributed by atoms with Crippen LogP contribution in [0.15, 0.2) is 28.2 Å². The number of likely N-dealkylation sites (tertiary alicyclic amines) is 1. The lowest BCUT2D eigenvalue weighted by atomic mass is 10.2. The maximum atomic E-state index is 12.9. The maximum absolute atomic E-state index is 12.9. The zero-order chi connectivity index (χ0) is 19.4. The quantitative estimate of drug-likeness (QED) is 0.546. The first-order chi connectivity index (χ1) is 13.0. The zero-order valence-electron chi connectivity index (χ0n) is 15.9. The summed E-state index contributed by atoms with van der Waals surface area (Å²) in [4.78, 5) is 32.5. The van der Waals surface area contributed by atoms with Gasteiger partial charge in [0.15, 0.2) is 5.16 Å². The van der Waals surface area contributed by atoms with Gasteiger partial charge in [0.2, 0.25) is 5.91 Å². The Labute approximate surface area is 169 Å². The van der Waals surface area contributed by atoms with Gasteiger partial charge in [-0.05, 0) is 44.4 Å². The smallest absolute Gasteiger partial charge is 0.262 e. The Hall–Kier alpha value is -1.53. The van der Waals surface area contributed by atoms with Crippen LogP contribution in [0, 0.1) is 0 Å². The van der Waals surface area contributed by atoms with Crippen molar-refractivity contribution < 1.29 is 4.79 Å². The van der Waals surface area contributed by atoms with Crippen LogP contribution in [0.2, 0.25) is 5.02 Å². The third kappa shape index (κ3) is 4.66. The Bertz CT molecular complexity index is 875. The average Bonchev–Trinajstić information content (AvgIpc) is 2.93. The van der Waals surface area contributed by atoms with E-state index in [4.69, 9.17) is 11.6 Å². The molecule has 0 aliphatic carbocycles. The fourth-order valence-corrected chi connectivity index (χ4v) is 4.63. The highest BCUT2D eigenvalue weighted by atomic mass is 35.5. The molecule has 1 aromatic carbocycles. The largest absolute Gasteiger partial charge is 0.342 e. The zero-order valence-corrected chi connectivity index (χ0v) is 17.5. The number of halogens is 1. The van der Waals surface area contributed by atoms with Crippen LogP contribution in [0.4, 0.5) is 0 Å². The van der Waals surface area contributed by atoms with E-state index in [-0.39, 0.29) is 16.7 Å². The van der Waals surface area contributed by atoms with Crippen LogP contribution >= 0.6 is 23.4 Å². The fraction of sp³-hybridized carbons (Fsp3) is 0.550. The monoisotopic (exact) mass is 407 g/mol. The van der Waals surface area contributed by atoms with E-state index in [0.29, 0.717) is 27.6 Å². The van der Waals surface area contributed by atoms with E-state index >= 15 is 0 Å². The summed E-state index contributed by atoms with van der Waals surface area (Å²) in [5.41, 5.74) is 0.507. The number of nitrogens with zero attached hydrogens (tertiary/aromatic N) is 3. The highest BCUT2D eigenvalue weighted by molar-refractivity contribution is 8.00. The van der Waals surface area contributed by atoms with Crippen molar-refractivity contribution in [2.24, 2.45) is 0 Å². The number of amides is 1. The standard InChI is InChI=1S/C20H26ClN3O2S/c1-3-10-24-19(26)16-9-8-15(21)13-17(16)22-20(24)27-14(2)18(25)23-11-6-4-5-7-12-23/h8-9,13-14H,3-7,10-12H2,1-2H3. The van der Waals surface area contributed by atoms with E-state index in [0.717, 1.165) is 32.4 Å². The molecule has 3 rings (SSSR count). The van der Waals surface area contributed by atoms with Crippen molar-refractivity contribution in [2.75, 3.05) is 13.1 Å². The summed E-state index contributed by atoms with van der Waals surface area (Å²) in [5.74, 6) is 0.130. The topological polar surface area (TPSA) is 55.2 Å². The summed E-state index contributed by atoms with van der Waals surface area (Å²) in [7, 11) is 0. The van der Waals surface area contributed by atoms with Crippen molar-refractivity contribution in [2.45, 2.75) is 62.9 Å². The Kier molecular flexibility index (Phi) is 6.82. The number of carbonyl (C=O) groups is 1. The molecule has 1 atom stereocenters. The SMILES string of the molecule is CCCn1c(SC(C)C(=O)N2CCCCCC2)nc2cc(Cl)ccc2c1=O. The van der Waals surface area contributed by atoms with Gasteiger partial charge in [0.1, 0.15) is 0 Å². The number of fused-ring (bicyclic) bond motifs is 1. The molecule has 1 aromatic heterocycles. The Morgan fingerprint density at radius 3 is 2.63 bits per heavy atom. The fourth-order valence-electron chi connectivity index (χ4n) is 3.44. The molecule has 1 aliphatic heterocycles. The highest BCUT2D eigenvalue weighted by Crippen LogP contribution is 2.26. The Balaban J connectivity index is 1.91. The van der Waals surface area contributed by atoms with Crippen LogP contribution in [0.25, 0.3) is 10.9 Å². The highest BCUT2D eigenvalue weighted by Gasteiger charge is 2.24. The number of hydrogen-bond acceptors (Lipinski definition) is 4. The van der Waals surface area contributed by atoms with Gasteiger partial charge in [0.05, 0.1) is 16.2 Å². The van der Waals surface area contributed by atoms with Crippen molar-refractivity contribution in [1.82, 2.24) is 14.5 Å². The molecule has 1 unspecified atom stereocenters. The first-order valence-electron chi connectivity index (χ1n) is 9.66. The second-order valence-electron chi connectivity index (χ2n) is 7.01. The predicted molar refractivity (Wildman–Crippen MR) is 112 cm³/mol. The van der Waals surface area contributed by atoms with Gasteiger partial charge in [-0.1, -0.05) is 43.1 Å². The van der Waals surface area contributed by atoms with Crippen molar-refractivity contribution >= 4 is 40.2 Å². The van der Waals surface area contributed by atoms with Gasteiger partial charge < -0.3 is 4.90 Å². The molecule has 146 valence electrons. The molecular weight excluding hydrogens is 382 g/mol. The van der Waals surface area contributed by atoms with E-state index in [9.17, 15) is 9.59 Å². The van der Waals surface area contributed by atoms with Gasteiger partial charge in [-0.15, -0.1) is 0 Å². The molecule has 1 amide bonds. The molecule has 2 heterocycles. The van der Waals surface area contributed by atoms with Crippen molar-refractivity contribution in [3.05, 3.63) is 33.6 Å². The van der Waals surface area contributed by atoms with Crippen molar-refractivity contribution in [3.8, 4) is 0 Å². The van der Waals surface area contributed by atoms with Crippen molar-refractivity contribution in [3.63, 3.8) is 0 Å². The number of aromatic nitrogens is 2. The van der Waals surface area contributed by atoms with E-state index in [2.05, 4.69) is 4.98 Å². The number of hydrogen-bond donors (Lipinski definition) is 0. The second kappa shape index (κ2) is 9.11. The van der Waals surface area contributed by atoms with Crippen LogP contribution in [0.5, 0.6) is 0 Å². The van der Waals surface area contributed by atoms with Gasteiger partial charge >= 0.3 is 0 Å². The first kappa shape index (κ1) is 20.2. The third-order valence-corrected chi connectivity index (χ3v) is 6.19. The minimum absolute atomic E-state index is 0.0737. The lowest BCUT2D eigenvalue weighted by Gasteiger charge is -2.24. The summed E-state index contributed by atoms with van der Waals surface area (Å²) in [6.07, 6.45) is 5.33. The molecule has 7 heteroatoms. The van der Waals surface area contributed by atoms with Crippen LogP contribution in [-0.4, -0.2) is 38.7 Å². The molecular formula is C20H26ClN3O2S. The average molecular weight is 408 g/mol. The lowest BCUT2D eigenvalue weighted by molar-refractivity contribution is -0.130. The lowest BCUT2D eigenvalue weighted by Crippen LogP contribution is -2.37. The number of carbonyl (C=O) groups excluding carboxylic acids is 1. The van der Waals surface area contributed by atoms with Crippen LogP contribution in [0.1, 0.15) is 46.0 Å². The molecule has 0 saturated carbocycles. The van der Waals surface area contributed by atoms with Crippen LogP contribution in [0.3, 0.4) is 0 Å². The van der Waals surface area contributed by atoms with Gasteiger partial charge in [-0.3, -0.25) is 14.2 Å². The van der Waals surface area contributed by atoms with Crippen LogP contribution in [-0.2, 0) is 11.3 Å². The Morgan fingerprint density at radius 1 is 1.26 bits per heavy atom. The minimum Gasteiger partial charge on any atom is -0.342 e. The summed E-state index contributed by atoms with van der Waals surface area (Å²) in [6, 6.07) is 5.14. The van der Waals surface area contributed by atoms with Gasteiger partial charge in [0.25, 0.3) is 5.56 Å². The molecule has 2 aromatic rings. The summed E-state index contributed by atoms with van der Waals surface area (Å²) < 4.78 is 1.69. The van der Waals surface area contributed by atoms with Gasteiger partial charge in [0, 0.05) is 24.7 Å². The third-order valence-electron chi connectivity index (χ3n) is 4.88. The second-order valence-corrected chi connectivity index (χ2v) is 8.76. The van der Waals surface area contributed by atoms with Gasteiger partial charge in [-0.25, -0.2) is 4.98 Å². The minimum atomic E-state index is -0.283. The maximum Gasteiger partial charge on any atom is 0.262 e. The number of rotatable bonds is 5. The molecule has 1 saturated heterocycles. The molecule has 0 radical (unpaired) electrons.